The SMILES string of the molecule is CCNc1nnc(CN2C(=O)C3CC3C2=O)s1. The summed E-state index contributed by atoms with van der Waals surface area (Å²) in [6.45, 7) is 3.02. The van der Waals surface area contributed by atoms with Gasteiger partial charge >= 0.3 is 0 Å². The first-order chi connectivity index (χ1) is 8.20. The lowest BCUT2D eigenvalue weighted by molar-refractivity contribution is -0.142. The number of fused-ring (bicyclic) bond motifs is 1. The minimum atomic E-state index is -0.0415. The number of anilines is 1. The molecule has 2 atom stereocenters. The summed E-state index contributed by atoms with van der Waals surface area (Å²) in [6, 6.07) is 0. The molecule has 2 unspecified atom stereocenters. The van der Waals surface area contributed by atoms with Gasteiger partial charge in [-0.1, -0.05) is 11.3 Å². The first-order valence-corrected chi connectivity index (χ1v) is 6.44. The van der Waals surface area contributed by atoms with Gasteiger partial charge < -0.3 is 5.32 Å². The maximum atomic E-state index is 11.7. The monoisotopic (exact) mass is 252 g/mol. The first kappa shape index (κ1) is 10.6. The highest BCUT2D eigenvalue weighted by Gasteiger charge is 2.58. The molecule has 17 heavy (non-hydrogen) atoms. The predicted octanol–water partition coefficient (Wildman–Crippen LogP) is 0.475. The highest BCUT2D eigenvalue weighted by molar-refractivity contribution is 7.15. The fourth-order valence-electron chi connectivity index (χ4n) is 2.08. The van der Waals surface area contributed by atoms with Gasteiger partial charge in [0.15, 0.2) is 0 Å². The Balaban J connectivity index is 1.70. The van der Waals surface area contributed by atoms with Crippen LogP contribution in [-0.4, -0.2) is 33.5 Å². The maximum Gasteiger partial charge on any atom is 0.233 e. The average Bonchev–Trinajstić information content (AvgIpc) is 2.94. The number of hydrogen-bond donors (Lipinski definition) is 1. The van der Waals surface area contributed by atoms with Crippen molar-refractivity contribution in [3.63, 3.8) is 0 Å². The number of nitrogens with zero attached hydrogens (tertiary/aromatic N) is 3. The summed E-state index contributed by atoms with van der Waals surface area (Å²) in [5, 5.41) is 12.4. The van der Waals surface area contributed by atoms with Crippen LogP contribution in [0.4, 0.5) is 5.13 Å². The Kier molecular flexibility index (Phi) is 2.36. The highest BCUT2D eigenvalue weighted by atomic mass is 32.1. The van der Waals surface area contributed by atoms with E-state index in [4.69, 9.17) is 0 Å². The largest absolute Gasteiger partial charge is 0.360 e. The molecule has 7 heteroatoms. The van der Waals surface area contributed by atoms with Gasteiger partial charge in [-0.05, 0) is 13.3 Å². The third kappa shape index (κ3) is 1.70. The number of piperidine rings is 1. The van der Waals surface area contributed by atoms with Crippen LogP contribution < -0.4 is 5.32 Å². The normalized spacial score (nSPS) is 26.3. The minimum Gasteiger partial charge on any atom is -0.360 e. The van der Waals surface area contributed by atoms with E-state index in [1.165, 1.54) is 16.2 Å². The van der Waals surface area contributed by atoms with Gasteiger partial charge in [-0.25, -0.2) is 0 Å². The van der Waals surface area contributed by atoms with E-state index < -0.39 is 0 Å². The second-order valence-corrected chi connectivity index (χ2v) is 5.30. The van der Waals surface area contributed by atoms with Gasteiger partial charge in [-0.3, -0.25) is 14.5 Å². The summed E-state index contributed by atoms with van der Waals surface area (Å²) in [5.74, 6) is -0.160. The van der Waals surface area contributed by atoms with Crippen molar-refractivity contribution in [2.75, 3.05) is 11.9 Å². The number of nitrogens with one attached hydrogen (secondary N) is 1. The van der Waals surface area contributed by atoms with Crippen molar-refractivity contribution in [1.82, 2.24) is 15.1 Å². The molecule has 0 radical (unpaired) electrons. The van der Waals surface area contributed by atoms with Crippen LogP contribution in [0.15, 0.2) is 0 Å². The molecule has 1 saturated carbocycles. The molecular weight excluding hydrogens is 240 g/mol. The van der Waals surface area contributed by atoms with Gasteiger partial charge in [0, 0.05) is 6.54 Å². The van der Waals surface area contributed by atoms with Crippen LogP contribution in [0.5, 0.6) is 0 Å². The number of aromatic nitrogens is 2. The van der Waals surface area contributed by atoms with Crippen LogP contribution in [0.1, 0.15) is 18.4 Å². The standard InChI is InChI=1S/C10H12N4O2S/c1-2-11-10-13-12-7(17-10)4-14-8(15)5-3-6(5)9(14)16/h5-6H,2-4H2,1H3,(H,11,13). The molecule has 2 fully saturated rings. The van der Waals surface area contributed by atoms with E-state index in [9.17, 15) is 9.59 Å². The zero-order valence-electron chi connectivity index (χ0n) is 9.34. The van der Waals surface area contributed by atoms with E-state index in [2.05, 4.69) is 15.5 Å². The number of likely N-dealkylation sites (tertiary alicyclic amines) is 1. The van der Waals surface area contributed by atoms with Crippen molar-refractivity contribution in [2.24, 2.45) is 11.8 Å². The quantitative estimate of drug-likeness (QED) is 0.789. The van der Waals surface area contributed by atoms with Crippen molar-refractivity contribution >= 4 is 28.3 Å². The van der Waals surface area contributed by atoms with Crippen LogP contribution in [0.3, 0.4) is 0 Å². The summed E-state index contributed by atoms with van der Waals surface area (Å²) < 4.78 is 0. The molecular formula is C10H12N4O2S. The molecule has 2 amide bonds. The van der Waals surface area contributed by atoms with Crippen LogP contribution >= 0.6 is 11.3 Å². The average molecular weight is 252 g/mol. The molecule has 0 spiro atoms. The van der Waals surface area contributed by atoms with E-state index >= 15 is 0 Å². The molecule has 1 N–H and O–H groups in total. The van der Waals surface area contributed by atoms with Gasteiger partial charge in [0.1, 0.15) is 5.01 Å². The smallest absolute Gasteiger partial charge is 0.233 e. The van der Waals surface area contributed by atoms with Crippen LogP contribution in [0.2, 0.25) is 0 Å². The zero-order valence-corrected chi connectivity index (χ0v) is 10.2. The van der Waals surface area contributed by atoms with Crippen LogP contribution in [-0.2, 0) is 16.1 Å². The fraction of sp³-hybridized carbons (Fsp3) is 0.600. The van der Waals surface area contributed by atoms with Gasteiger partial charge in [-0.2, -0.15) is 0 Å². The minimum absolute atomic E-state index is 0.0383. The van der Waals surface area contributed by atoms with Gasteiger partial charge in [0.2, 0.25) is 16.9 Å². The summed E-state index contributed by atoms with van der Waals surface area (Å²) in [7, 11) is 0. The Morgan fingerprint density at radius 2 is 2.06 bits per heavy atom. The highest BCUT2D eigenvalue weighted by Crippen LogP contribution is 2.47. The summed E-state index contributed by atoms with van der Waals surface area (Å²) in [5.41, 5.74) is 0. The first-order valence-electron chi connectivity index (χ1n) is 5.62. The number of carbonyl (C=O) groups is 2. The van der Waals surface area contributed by atoms with Crippen molar-refractivity contribution in [1.29, 1.82) is 0 Å². The lowest BCUT2D eigenvalue weighted by Crippen LogP contribution is -2.32. The van der Waals surface area contributed by atoms with E-state index in [-0.39, 0.29) is 30.2 Å². The van der Waals surface area contributed by atoms with E-state index in [0.717, 1.165) is 18.1 Å². The molecule has 2 aliphatic rings. The third-order valence-corrected chi connectivity index (χ3v) is 3.91. The molecule has 2 heterocycles. The third-order valence-electron chi connectivity index (χ3n) is 3.05. The summed E-state index contributed by atoms with van der Waals surface area (Å²) in [6.07, 6.45) is 0.743. The molecule has 1 aliphatic carbocycles. The van der Waals surface area contributed by atoms with Crippen molar-refractivity contribution in [3.05, 3.63) is 5.01 Å². The maximum absolute atomic E-state index is 11.7. The van der Waals surface area contributed by atoms with E-state index in [1.54, 1.807) is 0 Å². The lowest BCUT2D eigenvalue weighted by Gasteiger charge is -2.13. The Labute approximate surface area is 102 Å². The summed E-state index contributed by atoms with van der Waals surface area (Å²) in [4.78, 5) is 24.8. The molecule has 1 aliphatic heterocycles. The second-order valence-electron chi connectivity index (χ2n) is 4.24. The summed E-state index contributed by atoms with van der Waals surface area (Å²) >= 11 is 1.38. The zero-order chi connectivity index (χ0) is 12.0. The Morgan fingerprint density at radius 3 is 2.71 bits per heavy atom. The number of carbonyl (C=O) groups excluding carboxylic acids is 2. The number of amides is 2. The number of hydrogen-bond acceptors (Lipinski definition) is 6. The second kappa shape index (κ2) is 3.76. The molecule has 3 rings (SSSR count). The van der Waals surface area contributed by atoms with Crippen molar-refractivity contribution in [3.8, 4) is 0 Å². The van der Waals surface area contributed by atoms with Gasteiger partial charge in [0.25, 0.3) is 0 Å². The molecule has 6 nitrogen and oxygen atoms in total. The van der Waals surface area contributed by atoms with Crippen molar-refractivity contribution < 1.29 is 9.59 Å². The van der Waals surface area contributed by atoms with E-state index in [0.29, 0.717) is 5.01 Å². The molecule has 1 aromatic rings. The van der Waals surface area contributed by atoms with E-state index in [1.807, 2.05) is 6.92 Å². The van der Waals surface area contributed by atoms with Crippen LogP contribution in [0.25, 0.3) is 0 Å². The molecule has 90 valence electrons. The number of imide groups is 1. The van der Waals surface area contributed by atoms with Crippen molar-refractivity contribution in [2.45, 2.75) is 19.9 Å². The van der Waals surface area contributed by atoms with Crippen LogP contribution in [0, 0.1) is 11.8 Å². The Bertz CT molecular complexity index is 466. The fourth-order valence-corrected chi connectivity index (χ4v) is 2.88. The number of rotatable bonds is 4. The Hall–Kier alpha value is -1.50. The van der Waals surface area contributed by atoms with Gasteiger partial charge in [-0.15, -0.1) is 10.2 Å². The Morgan fingerprint density at radius 1 is 1.35 bits per heavy atom. The topological polar surface area (TPSA) is 75.2 Å². The molecule has 0 aromatic carbocycles. The molecule has 0 bridgehead atoms. The lowest BCUT2D eigenvalue weighted by atomic mass is 10.4. The molecule has 1 aromatic heterocycles. The predicted molar refractivity (Wildman–Crippen MR) is 61.2 cm³/mol. The molecule has 1 saturated heterocycles. The van der Waals surface area contributed by atoms with Gasteiger partial charge in [0.05, 0.1) is 18.4 Å².